The molecule has 4 N–H and O–H groups in total. The molecule has 0 radical (unpaired) electrons. The van der Waals surface area contributed by atoms with Crippen LogP contribution in [0.3, 0.4) is 0 Å². The highest BCUT2D eigenvalue weighted by atomic mass is 16.5. The van der Waals surface area contributed by atoms with E-state index in [4.69, 9.17) is 10.6 Å². The Morgan fingerprint density at radius 3 is 2.50 bits per heavy atom. The second-order valence-corrected chi connectivity index (χ2v) is 5.10. The number of nitrogen functional groups attached to an aromatic ring is 1. The molecule has 1 rings (SSSR count). The fourth-order valence-corrected chi connectivity index (χ4v) is 1.73. The molecule has 0 aliphatic heterocycles. The first-order valence-electron chi connectivity index (χ1n) is 7.26. The second-order valence-electron chi connectivity index (χ2n) is 5.10. The van der Waals surface area contributed by atoms with Crippen LogP contribution in [0.25, 0.3) is 0 Å². The molecule has 0 amide bonds. The van der Waals surface area contributed by atoms with Crippen LogP contribution in [0.5, 0.6) is 0 Å². The number of nitrogens with zero attached hydrogens (tertiary/aromatic N) is 2. The number of nitrogens with two attached hydrogens (primary N) is 1. The summed E-state index contributed by atoms with van der Waals surface area (Å²) in [5.74, 6) is 8.07. The minimum Gasteiger partial charge on any atom is -0.381 e. The van der Waals surface area contributed by atoms with Gasteiger partial charge in [0.1, 0.15) is 17.5 Å². The molecule has 1 aromatic rings. The highest BCUT2D eigenvalue weighted by Gasteiger charge is 2.12. The van der Waals surface area contributed by atoms with Crippen LogP contribution >= 0.6 is 0 Å². The van der Waals surface area contributed by atoms with Gasteiger partial charge in [-0.15, -0.1) is 0 Å². The Kier molecular flexibility index (Phi) is 7.25. The van der Waals surface area contributed by atoms with Gasteiger partial charge in [-0.2, -0.15) is 0 Å². The first-order chi connectivity index (χ1) is 9.60. The van der Waals surface area contributed by atoms with Gasteiger partial charge in [0.05, 0.1) is 0 Å². The summed E-state index contributed by atoms with van der Waals surface area (Å²) in [6.07, 6.45) is 2.01. The molecule has 0 saturated carbocycles. The number of anilines is 2. The molecule has 0 spiro atoms. The van der Waals surface area contributed by atoms with E-state index in [0.717, 1.165) is 49.8 Å². The molecular formula is C14H27N5O. The topological polar surface area (TPSA) is 85.1 Å². The molecule has 1 aromatic heterocycles. The Balaban J connectivity index is 2.61. The molecule has 1 heterocycles. The standard InChI is InChI=1S/C14H27N5O/c1-5-8-20-9-6-7-16-13-11(4)14(19-15)18-12(17-13)10(2)3/h10H,5-9,15H2,1-4H3,(H2,16,17,18,19). The van der Waals surface area contributed by atoms with E-state index in [1.807, 2.05) is 6.92 Å². The number of hydrogen-bond acceptors (Lipinski definition) is 6. The van der Waals surface area contributed by atoms with E-state index in [1.165, 1.54) is 0 Å². The van der Waals surface area contributed by atoms with Crippen molar-refractivity contribution >= 4 is 11.6 Å². The van der Waals surface area contributed by atoms with Crippen LogP contribution < -0.4 is 16.6 Å². The van der Waals surface area contributed by atoms with E-state index in [0.29, 0.717) is 5.82 Å². The Labute approximate surface area is 121 Å². The van der Waals surface area contributed by atoms with Gasteiger partial charge in [0.2, 0.25) is 0 Å². The van der Waals surface area contributed by atoms with Crippen molar-refractivity contribution in [3.05, 3.63) is 11.4 Å². The van der Waals surface area contributed by atoms with Crippen LogP contribution in [0.1, 0.15) is 50.9 Å². The summed E-state index contributed by atoms with van der Waals surface area (Å²) in [7, 11) is 0. The highest BCUT2D eigenvalue weighted by Crippen LogP contribution is 2.22. The zero-order valence-corrected chi connectivity index (χ0v) is 13.0. The van der Waals surface area contributed by atoms with E-state index in [9.17, 15) is 0 Å². The van der Waals surface area contributed by atoms with Crippen molar-refractivity contribution in [2.75, 3.05) is 30.5 Å². The van der Waals surface area contributed by atoms with Crippen molar-refractivity contribution in [2.24, 2.45) is 5.84 Å². The first-order valence-corrected chi connectivity index (χ1v) is 7.26. The summed E-state index contributed by atoms with van der Waals surface area (Å²) in [6, 6.07) is 0. The molecule has 0 atom stereocenters. The fraction of sp³-hybridized carbons (Fsp3) is 0.714. The van der Waals surface area contributed by atoms with Crippen LogP contribution in [0.4, 0.5) is 11.6 Å². The lowest BCUT2D eigenvalue weighted by Gasteiger charge is -2.15. The number of nitrogens with one attached hydrogen (secondary N) is 2. The predicted molar refractivity (Wildman–Crippen MR) is 82.9 cm³/mol. The molecule has 6 heteroatoms. The molecule has 0 bridgehead atoms. The van der Waals surface area contributed by atoms with Crippen LogP contribution in [-0.2, 0) is 4.74 Å². The Morgan fingerprint density at radius 2 is 1.90 bits per heavy atom. The number of aromatic nitrogens is 2. The summed E-state index contributed by atoms with van der Waals surface area (Å²) in [5.41, 5.74) is 3.57. The maximum absolute atomic E-state index is 5.51. The minimum absolute atomic E-state index is 0.260. The summed E-state index contributed by atoms with van der Waals surface area (Å²) < 4.78 is 5.45. The van der Waals surface area contributed by atoms with Crippen LogP contribution in [0.15, 0.2) is 0 Å². The largest absolute Gasteiger partial charge is 0.381 e. The van der Waals surface area contributed by atoms with Crippen molar-refractivity contribution in [2.45, 2.75) is 46.5 Å². The highest BCUT2D eigenvalue weighted by molar-refractivity contribution is 5.56. The average molecular weight is 281 g/mol. The van der Waals surface area contributed by atoms with Crippen LogP contribution in [0, 0.1) is 6.92 Å². The molecular weight excluding hydrogens is 254 g/mol. The number of ether oxygens (including phenoxy) is 1. The van der Waals surface area contributed by atoms with Gasteiger partial charge in [0.15, 0.2) is 0 Å². The number of rotatable bonds is 9. The van der Waals surface area contributed by atoms with Crippen molar-refractivity contribution in [3.63, 3.8) is 0 Å². The Hall–Kier alpha value is -1.40. The number of hydrazine groups is 1. The Morgan fingerprint density at radius 1 is 1.20 bits per heavy atom. The van der Waals surface area contributed by atoms with Gasteiger partial charge < -0.3 is 15.5 Å². The molecule has 6 nitrogen and oxygen atoms in total. The third-order valence-corrected chi connectivity index (χ3v) is 2.92. The van der Waals surface area contributed by atoms with Crippen LogP contribution in [-0.4, -0.2) is 29.7 Å². The maximum atomic E-state index is 5.51. The molecule has 0 fully saturated rings. The summed E-state index contributed by atoms with van der Waals surface area (Å²) in [4.78, 5) is 8.96. The van der Waals surface area contributed by atoms with Crippen molar-refractivity contribution < 1.29 is 4.74 Å². The SMILES string of the molecule is CCCOCCCNc1nc(C(C)C)nc(NN)c1C. The zero-order valence-electron chi connectivity index (χ0n) is 13.0. The third-order valence-electron chi connectivity index (χ3n) is 2.92. The van der Waals surface area contributed by atoms with Gasteiger partial charge in [0.25, 0.3) is 0 Å². The molecule has 0 aromatic carbocycles. The summed E-state index contributed by atoms with van der Waals surface area (Å²) in [5, 5.41) is 3.33. The predicted octanol–water partition coefficient (Wildman–Crippen LogP) is 2.42. The van der Waals surface area contributed by atoms with Gasteiger partial charge in [-0.25, -0.2) is 15.8 Å². The van der Waals surface area contributed by atoms with E-state index >= 15 is 0 Å². The van der Waals surface area contributed by atoms with Gasteiger partial charge >= 0.3 is 0 Å². The van der Waals surface area contributed by atoms with E-state index in [-0.39, 0.29) is 5.92 Å². The van der Waals surface area contributed by atoms with Crippen molar-refractivity contribution in [1.82, 2.24) is 9.97 Å². The lowest BCUT2D eigenvalue weighted by molar-refractivity contribution is 0.134. The number of hydrogen-bond donors (Lipinski definition) is 3. The van der Waals surface area contributed by atoms with Crippen molar-refractivity contribution in [3.8, 4) is 0 Å². The lowest BCUT2D eigenvalue weighted by Crippen LogP contribution is -2.16. The maximum Gasteiger partial charge on any atom is 0.148 e. The first kappa shape index (κ1) is 16.7. The fourth-order valence-electron chi connectivity index (χ4n) is 1.73. The monoisotopic (exact) mass is 281 g/mol. The normalized spacial score (nSPS) is 10.9. The molecule has 0 unspecified atom stereocenters. The summed E-state index contributed by atoms with van der Waals surface area (Å²) in [6.45, 7) is 10.6. The Bertz CT molecular complexity index is 409. The molecule has 114 valence electrons. The van der Waals surface area contributed by atoms with Gasteiger partial charge in [-0.1, -0.05) is 20.8 Å². The molecule has 0 aliphatic carbocycles. The summed E-state index contributed by atoms with van der Waals surface area (Å²) >= 11 is 0. The lowest BCUT2D eigenvalue weighted by atomic mass is 10.2. The average Bonchev–Trinajstić information content (AvgIpc) is 2.44. The molecule has 20 heavy (non-hydrogen) atoms. The third kappa shape index (κ3) is 4.94. The van der Waals surface area contributed by atoms with Gasteiger partial charge in [-0.05, 0) is 19.8 Å². The quantitative estimate of drug-likeness (QED) is 0.366. The van der Waals surface area contributed by atoms with Gasteiger partial charge in [0, 0.05) is 31.2 Å². The second kappa shape index (κ2) is 8.71. The van der Waals surface area contributed by atoms with Gasteiger partial charge in [-0.3, -0.25) is 0 Å². The smallest absolute Gasteiger partial charge is 0.148 e. The van der Waals surface area contributed by atoms with Crippen LogP contribution in [0.2, 0.25) is 0 Å². The van der Waals surface area contributed by atoms with E-state index in [1.54, 1.807) is 0 Å². The van der Waals surface area contributed by atoms with E-state index in [2.05, 4.69) is 41.5 Å². The minimum atomic E-state index is 0.260. The van der Waals surface area contributed by atoms with E-state index < -0.39 is 0 Å². The zero-order chi connectivity index (χ0) is 15.0. The molecule has 0 aliphatic rings. The van der Waals surface area contributed by atoms with Crippen molar-refractivity contribution in [1.29, 1.82) is 0 Å². The molecule has 0 saturated heterocycles.